The molecule has 146 valence electrons. The molecule has 0 aliphatic rings. The second-order valence-corrected chi connectivity index (χ2v) is 7.51. The highest BCUT2D eigenvalue weighted by atomic mass is 35.5. The Hall–Kier alpha value is -2.96. The van der Waals surface area contributed by atoms with Crippen LogP contribution in [-0.4, -0.2) is 25.7 Å². The number of amides is 1. The Bertz CT molecular complexity index is 1200. The largest absolute Gasteiger partial charge is 0.322 e. The third-order valence-corrected chi connectivity index (χ3v) is 5.17. The summed E-state index contributed by atoms with van der Waals surface area (Å²) in [6.07, 6.45) is 3.29. The number of anilines is 1. The molecular formula is C21H17Cl2N5O. The Morgan fingerprint density at radius 3 is 2.48 bits per heavy atom. The van der Waals surface area contributed by atoms with E-state index in [9.17, 15) is 4.79 Å². The first-order valence-corrected chi connectivity index (χ1v) is 9.68. The molecule has 6 nitrogen and oxygen atoms in total. The molecule has 0 radical (unpaired) electrons. The number of aromatic nitrogens is 4. The van der Waals surface area contributed by atoms with Gasteiger partial charge in [-0.3, -0.25) is 9.78 Å². The number of fused-ring (bicyclic) bond motifs is 1. The van der Waals surface area contributed by atoms with E-state index in [1.807, 2.05) is 32.2 Å². The predicted molar refractivity (Wildman–Crippen MR) is 115 cm³/mol. The monoisotopic (exact) mass is 425 g/mol. The molecule has 0 atom stereocenters. The molecule has 0 saturated carbocycles. The topological polar surface area (TPSA) is 72.7 Å². The van der Waals surface area contributed by atoms with Crippen LogP contribution in [0.1, 0.15) is 27.3 Å². The van der Waals surface area contributed by atoms with Gasteiger partial charge in [0.15, 0.2) is 5.65 Å². The van der Waals surface area contributed by atoms with Gasteiger partial charge in [0.25, 0.3) is 5.91 Å². The lowest BCUT2D eigenvalue weighted by Crippen LogP contribution is -2.13. The van der Waals surface area contributed by atoms with Crippen LogP contribution < -0.4 is 5.32 Å². The number of nitrogens with one attached hydrogen (secondary N) is 1. The molecular weight excluding hydrogens is 409 g/mol. The molecule has 4 rings (SSSR count). The number of halogens is 2. The minimum absolute atomic E-state index is 0.286. The van der Waals surface area contributed by atoms with Crippen LogP contribution in [0.5, 0.6) is 0 Å². The number of benzene rings is 1. The molecule has 8 heteroatoms. The van der Waals surface area contributed by atoms with Crippen molar-refractivity contribution in [1.29, 1.82) is 0 Å². The van der Waals surface area contributed by atoms with Gasteiger partial charge in [0, 0.05) is 28.8 Å². The molecule has 1 N–H and O–H groups in total. The van der Waals surface area contributed by atoms with Crippen molar-refractivity contribution in [2.24, 2.45) is 0 Å². The maximum Gasteiger partial charge on any atom is 0.258 e. The van der Waals surface area contributed by atoms with Gasteiger partial charge < -0.3 is 5.32 Å². The van der Waals surface area contributed by atoms with Crippen LogP contribution >= 0.6 is 23.2 Å². The zero-order chi connectivity index (χ0) is 20.5. The highest BCUT2D eigenvalue weighted by Crippen LogP contribution is 2.29. The fourth-order valence-electron chi connectivity index (χ4n) is 3.04. The Labute approximate surface area is 177 Å². The van der Waals surface area contributed by atoms with Crippen molar-refractivity contribution in [2.75, 3.05) is 5.32 Å². The van der Waals surface area contributed by atoms with E-state index in [0.717, 1.165) is 11.3 Å². The number of aryl methyl sites for hydroxylation is 2. The van der Waals surface area contributed by atoms with Gasteiger partial charge in [-0.2, -0.15) is 5.10 Å². The Kier molecular flexibility index (Phi) is 5.22. The first-order chi connectivity index (χ1) is 13.9. The molecule has 0 aliphatic heterocycles. The quantitative estimate of drug-likeness (QED) is 0.496. The van der Waals surface area contributed by atoms with E-state index in [2.05, 4.69) is 20.4 Å². The highest BCUT2D eigenvalue weighted by Gasteiger charge is 2.19. The first kappa shape index (κ1) is 19.4. The van der Waals surface area contributed by atoms with Gasteiger partial charge >= 0.3 is 0 Å². The fourth-order valence-corrected chi connectivity index (χ4v) is 3.52. The number of nitrogens with zero attached hydrogens (tertiary/aromatic N) is 4. The molecule has 1 amide bonds. The van der Waals surface area contributed by atoms with E-state index in [-0.39, 0.29) is 11.5 Å². The summed E-state index contributed by atoms with van der Waals surface area (Å²) in [5, 5.41) is 8.94. The average Bonchev–Trinajstić information content (AvgIpc) is 3.02. The molecule has 0 saturated heterocycles. The van der Waals surface area contributed by atoms with Gasteiger partial charge in [0.1, 0.15) is 0 Å². The van der Waals surface area contributed by atoms with Crippen molar-refractivity contribution < 1.29 is 4.79 Å². The Morgan fingerprint density at radius 1 is 1.03 bits per heavy atom. The summed E-state index contributed by atoms with van der Waals surface area (Å²) in [5.74, 6) is -0.346. The maximum atomic E-state index is 12.7. The lowest BCUT2D eigenvalue weighted by atomic mass is 10.2. The van der Waals surface area contributed by atoms with Crippen LogP contribution in [0.15, 0.2) is 48.8 Å². The summed E-state index contributed by atoms with van der Waals surface area (Å²) in [5.41, 5.74) is 4.19. The predicted octanol–water partition coefficient (Wildman–Crippen LogP) is 5.05. The van der Waals surface area contributed by atoms with E-state index in [4.69, 9.17) is 23.2 Å². The maximum absolute atomic E-state index is 12.7. The number of carbonyl (C=O) groups excluding carboxylic acids is 1. The van der Waals surface area contributed by atoms with Crippen LogP contribution in [-0.2, 0) is 6.54 Å². The molecule has 0 fully saturated rings. The lowest BCUT2D eigenvalue weighted by molar-refractivity contribution is 0.102. The van der Waals surface area contributed by atoms with Crippen molar-refractivity contribution in [2.45, 2.75) is 20.4 Å². The minimum atomic E-state index is -0.346. The van der Waals surface area contributed by atoms with Crippen LogP contribution in [0, 0.1) is 13.8 Å². The highest BCUT2D eigenvalue weighted by molar-refractivity contribution is 6.39. The van der Waals surface area contributed by atoms with Crippen LogP contribution in [0.2, 0.25) is 10.0 Å². The molecule has 3 aromatic heterocycles. The van der Waals surface area contributed by atoms with Crippen LogP contribution in [0.25, 0.3) is 11.0 Å². The summed E-state index contributed by atoms with van der Waals surface area (Å²) in [4.78, 5) is 21.5. The Morgan fingerprint density at radius 2 is 1.79 bits per heavy atom. The summed E-state index contributed by atoms with van der Waals surface area (Å²) in [7, 11) is 0. The third kappa shape index (κ3) is 3.95. The molecule has 0 unspecified atom stereocenters. The van der Waals surface area contributed by atoms with E-state index in [1.165, 1.54) is 6.20 Å². The third-order valence-electron chi connectivity index (χ3n) is 4.52. The summed E-state index contributed by atoms with van der Waals surface area (Å²) in [6.45, 7) is 4.30. The molecule has 0 aliphatic carbocycles. The first-order valence-electron chi connectivity index (χ1n) is 8.92. The van der Waals surface area contributed by atoms with E-state index in [1.54, 1.807) is 28.9 Å². The molecule has 4 aromatic rings. The molecule has 0 spiro atoms. The van der Waals surface area contributed by atoms with Crippen molar-refractivity contribution in [3.8, 4) is 0 Å². The van der Waals surface area contributed by atoms with Crippen LogP contribution in [0.3, 0.4) is 0 Å². The van der Waals surface area contributed by atoms with Gasteiger partial charge in [0.2, 0.25) is 0 Å². The molecule has 29 heavy (non-hydrogen) atoms. The Balaban J connectivity index is 1.66. The normalized spacial score (nSPS) is 11.0. The van der Waals surface area contributed by atoms with E-state index >= 15 is 0 Å². The number of rotatable bonds is 4. The van der Waals surface area contributed by atoms with Crippen molar-refractivity contribution >= 4 is 45.8 Å². The summed E-state index contributed by atoms with van der Waals surface area (Å²) < 4.78 is 1.77. The van der Waals surface area contributed by atoms with Crippen molar-refractivity contribution in [3.05, 3.63) is 81.4 Å². The van der Waals surface area contributed by atoms with Gasteiger partial charge in [-0.1, -0.05) is 29.3 Å². The smallest absolute Gasteiger partial charge is 0.258 e. The summed E-state index contributed by atoms with van der Waals surface area (Å²) in [6, 6.07) is 10.8. The zero-order valence-electron chi connectivity index (χ0n) is 15.8. The van der Waals surface area contributed by atoms with Gasteiger partial charge in [-0.15, -0.1) is 0 Å². The second-order valence-electron chi connectivity index (χ2n) is 6.70. The number of hydrogen-bond donors (Lipinski definition) is 1. The average molecular weight is 426 g/mol. The zero-order valence-corrected chi connectivity index (χ0v) is 17.3. The fraction of sp³-hybridized carbons (Fsp3) is 0.143. The molecule has 0 bridgehead atoms. The minimum Gasteiger partial charge on any atom is -0.322 e. The molecule has 1 aromatic carbocycles. The lowest BCUT2D eigenvalue weighted by Gasteiger charge is -2.08. The molecule has 3 heterocycles. The number of hydrogen-bond acceptors (Lipinski definition) is 4. The van der Waals surface area contributed by atoms with Crippen molar-refractivity contribution in [1.82, 2.24) is 19.7 Å². The standard InChI is InChI=1S/C21H17Cl2N5O/c1-12-3-4-14(9-24-12)11-28-20-18(13(2)27-28)19(23)17(10-25-20)21(29)26-16-7-5-15(22)6-8-16/h3-10H,11H2,1-2H3,(H,26,29). The van der Waals surface area contributed by atoms with Gasteiger partial charge in [-0.25, -0.2) is 9.67 Å². The number of carbonyl (C=O) groups is 1. The van der Waals surface area contributed by atoms with E-state index < -0.39 is 0 Å². The van der Waals surface area contributed by atoms with Crippen LogP contribution in [0.4, 0.5) is 5.69 Å². The van der Waals surface area contributed by atoms with Gasteiger partial charge in [-0.05, 0) is 49.7 Å². The SMILES string of the molecule is Cc1ccc(Cn2nc(C)c3c(Cl)c(C(=O)Nc4ccc(Cl)cc4)cnc32)cn1. The second kappa shape index (κ2) is 7.81. The van der Waals surface area contributed by atoms with Gasteiger partial charge in [0.05, 0.1) is 28.2 Å². The summed E-state index contributed by atoms with van der Waals surface area (Å²) >= 11 is 12.5. The van der Waals surface area contributed by atoms with Crippen molar-refractivity contribution in [3.63, 3.8) is 0 Å². The number of pyridine rings is 2. The van der Waals surface area contributed by atoms with E-state index in [0.29, 0.717) is 39.0 Å².